The van der Waals surface area contributed by atoms with Crippen LogP contribution in [0.2, 0.25) is 0 Å². The summed E-state index contributed by atoms with van der Waals surface area (Å²) in [6.45, 7) is 2.43. The van der Waals surface area contributed by atoms with E-state index >= 15 is 0 Å². The number of piperidine rings is 1. The van der Waals surface area contributed by atoms with Crippen LogP contribution in [0.1, 0.15) is 26.2 Å². The molecule has 0 bridgehead atoms. The van der Waals surface area contributed by atoms with Gasteiger partial charge in [-0.3, -0.25) is 14.5 Å². The summed E-state index contributed by atoms with van der Waals surface area (Å²) in [4.78, 5) is 34.9. The normalized spacial score (nSPS) is 16.1. The van der Waals surface area contributed by atoms with Crippen molar-refractivity contribution < 1.29 is 9.59 Å². The first-order valence-electron chi connectivity index (χ1n) is 11.1. The van der Waals surface area contributed by atoms with Gasteiger partial charge in [0.1, 0.15) is 0 Å². The van der Waals surface area contributed by atoms with Crippen molar-refractivity contribution in [3.05, 3.63) is 60.8 Å². The van der Waals surface area contributed by atoms with E-state index in [9.17, 15) is 9.59 Å². The Morgan fingerprint density at radius 2 is 1.76 bits per heavy atom. The predicted molar refractivity (Wildman–Crippen MR) is 130 cm³/mol. The summed E-state index contributed by atoms with van der Waals surface area (Å²) in [5.74, 6) is 0.365. The fourth-order valence-electron chi connectivity index (χ4n) is 3.94. The van der Waals surface area contributed by atoms with Crippen molar-refractivity contribution in [2.24, 2.45) is 0 Å². The molecule has 170 valence electrons. The van der Waals surface area contributed by atoms with E-state index < -0.39 is 0 Å². The third-order valence-corrected chi connectivity index (χ3v) is 5.62. The molecule has 3 N–H and O–H groups in total. The van der Waals surface area contributed by atoms with Gasteiger partial charge < -0.3 is 16.0 Å². The fraction of sp³-hybridized carbons (Fsp3) is 0.280. The minimum atomic E-state index is -0.111. The molecule has 1 atom stereocenters. The first-order chi connectivity index (χ1) is 16.0. The van der Waals surface area contributed by atoms with Gasteiger partial charge >= 0.3 is 0 Å². The molecule has 1 aromatic heterocycles. The number of rotatable bonds is 6. The van der Waals surface area contributed by atoms with Crippen LogP contribution in [0.5, 0.6) is 0 Å². The summed E-state index contributed by atoms with van der Waals surface area (Å²) >= 11 is 0. The molecule has 4 rings (SSSR count). The maximum atomic E-state index is 12.7. The number of aromatic nitrogens is 2. The number of anilines is 4. The van der Waals surface area contributed by atoms with Crippen LogP contribution in [0.25, 0.3) is 11.3 Å². The number of likely N-dealkylation sites (tertiary alicyclic amines) is 1. The van der Waals surface area contributed by atoms with E-state index in [4.69, 9.17) is 0 Å². The highest BCUT2D eigenvalue weighted by atomic mass is 16.2. The Bertz CT molecular complexity index is 1130. The van der Waals surface area contributed by atoms with Gasteiger partial charge in [0, 0.05) is 35.7 Å². The van der Waals surface area contributed by atoms with Gasteiger partial charge in [-0.1, -0.05) is 24.6 Å². The highest BCUT2D eigenvalue weighted by molar-refractivity contribution is 5.95. The molecular formula is C25H28N6O2. The van der Waals surface area contributed by atoms with Gasteiger partial charge in [-0.15, -0.1) is 0 Å². The maximum Gasteiger partial charge on any atom is 0.241 e. The van der Waals surface area contributed by atoms with E-state index in [2.05, 4.69) is 30.8 Å². The van der Waals surface area contributed by atoms with Crippen LogP contribution in [0.3, 0.4) is 0 Å². The Morgan fingerprint density at radius 1 is 0.970 bits per heavy atom. The minimum absolute atomic E-state index is 0.0234. The Balaban J connectivity index is 1.44. The first kappa shape index (κ1) is 22.4. The maximum absolute atomic E-state index is 12.7. The Labute approximate surface area is 193 Å². The molecule has 8 nitrogen and oxygen atoms in total. The van der Waals surface area contributed by atoms with Crippen molar-refractivity contribution >= 4 is 34.8 Å². The number of nitrogens with zero attached hydrogens (tertiary/aromatic N) is 3. The van der Waals surface area contributed by atoms with E-state index in [0.29, 0.717) is 5.95 Å². The van der Waals surface area contributed by atoms with E-state index in [0.717, 1.165) is 54.1 Å². The largest absolute Gasteiger partial charge is 0.326 e. The van der Waals surface area contributed by atoms with Crippen LogP contribution in [-0.4, -0.2) is 46.3 Å². The van der Waals surface area contributed by atoms with Crippen LogP contribution in [0, 0.1) is 0 Å². The second-order valence-electron chi connectivity index (χ2n) is 8.21. The van der Waals surface area contributed by atoms with Crippen molar-refractivity contribution in [1.82, 2.24) is 14.9 Å². The van der Waals surface area contributed by atoms with Crippen molar-refractivity contribution in [1.29, 1.82) is 0 Å². The van der Waals surface area contributed by atoms with Gasteiger partial charge in [0.05, 0.1) is 11.7 Å². The molecule has 1 fully saturated rings. The number of carbonyl (C=O) groups excluding carboxylic acids is 2. The lowest BCUT2D eigenvalue weighted by molar-refractivity contribution is -0.121. The summed E-state index contributed by atoms with van der Waals surface area (Å²) in [6.07, 6.45) is 4.79. The number of hydrogen-bond acceptors (Lipinski definition) is 6. The molecule has 0 aliphatic carbocycles. The third kappa shape index (κ3) is 5.93. The smallest absolute Gasteiger partial charge is 0.241 e. The SMILES string of the molecule is CC(=O)Nc1ccc(-c2ccnc(Nc3cccc(NC(=O)C4CCCCN4C)c3)n2)cc1. The van der Waals surface area contributed by atoms with E-state index in [1.807, 2.05) is 61.6 Å². The first-order valence-corrected chi connectivity index (χ1v) is 11.1. The number of amides is 2. The van der Waals surface area contributed by atoms with Crippen LogP contribution in [0.4, 0.5) is 23.0 Å². The molecule has 2 amide bonds. The molecule has 1 unspecified atom stereocenters. The predicted octanol–water partition coefficient (Wildman–Crippen LogP) is 4.27. The molecule has 8 heteroatoms. The molecule has 1 aliphatic rings. The molecule has 1 aliphatic heterocycles. The average Bonchev–Trinajstić information content (AvgIpc) is 2.80. The van der Waals surface area contributed by atoms with E-state index in [1.165, 1.54) is 6.92 Å². The van der Waals surface area contributed by atoms with Gasteiger partial charge in [0.2, 0.25) is 17.8 Å². The fourth-order valence-corrected chi connectivity index (χ4v) is 3.94. The lowest BCUT2D eigenvalue weighted by Crippen LogP contribution is -2.44. The lowest BCUT2D eigenvalue weighted by atomic mass is 10.0. The van der Waals surface area contributed by atoms with Crippen molar-refractivity contribution in [3.8, 4) is 11.3 Å². The van der Waals surface area contributed by atoms with Crippen LogP contribution < -0.4 is 16.0 Å². The van der Waals surface area contributed by atoms with Crippen LogP contribution >= 0.6 is 0 Å². The van der Waals surface area contributed by atoms with Crippen molar-refractivity contribution in [2.45, 2.75) is 32.2 Å². The third-order valence-electron chi connectivity index (χ3n) is 5.62. The van der Waals surface area contributed by atoms with Crippen molar-refractivity contribution in [3.63, 3.8) is 0 Å². The van der Waals surface area contributed by atoms with Gasteiger partial charge in [0.25, 0.3) is 0 Å². The lowest BCUT2D eigenvalue weighted by Gasteiger charge is -2.31. The molecule has 1 saturated heterocycles. The van der Waals surface area contributed by atoms with Crippen molar-refractivity contribution in [2.75, 3.05) is 29.5 Å². The summed E-state index contributed by atoms with van der Waals surface area (Å²) in [5, 5.41) is 9.00. The standard InChI is InChI=1S/C25H28N6O2/c1-17(32)27-19-11-9-18(10-12-19)22-13-14-26-25(30-22)29-21-7-5-6-20(16-21)28-24(33)23-8-3-4-15-31(23)2/h5-7,9-14,16,23H,3-4,8,15H2,1-2H3,(H,27,32)(H,28,33)(H,26,29,30). The molecular weight excluding hydrogens is 416 g/mol. The van der Waals surface area contributed by atoms with E-state index in [1.54, 1.807) is 6.20 Å². The Morgan fingerprint density at radius 3 is 2.52 bits per heavy atom. The highest BCUT2D eigenvalue weighted by Crippen LogP contribution is 2.23. The summed E-state index contributed by atoms with van der Waals surface area (Å²) < 4.78 is 0. The van der Waals surface area contributed by atoms with Gasteiger partial charge in [-0.05, 0) is 62.8 Å². The second-order valence-corrected chi connectivity index (χ2v) is 8.21. The summed E-state index contributed by atoms with van der Waals surface area (Å²) in [7, 11) is 2.00. The average molecular weight is 445 g/mol. The number of nitrogens with one attached hydrogen (secondary N) is 3. The van der Waals surface area contributed by atoms with E-state index in [-0.39, 0.29) is 17.9 Å². The molecule has 2 aromatic carbocycles. The summed E-state index contributed by atoms with van der Waals surface area (Å²) in [6, 6.07) is 16.7. The Kier molecular flexibility index (Phi) is 6.95. The molecule has 0 saturated carbocycles. The molecule has 33 heavy (non-hydrogen) atoms. The number of carbonyl (C=O) groups is 2. The Hall–Kier alpha value is -3.78. The quantitative estimate of drug-likeness (QED) is 0.525. The van der Waals surface area contributed by atoms with Crippen LogP contribution in [-0.2, 0) is 9.59 Å². The molecule has 0 radical (unpaired) electrons. The zero-order chi connectivity index (χ0) is 23.2. The second kappa shape index (κ2) is 10.2. The number of hydrogen-bond donors (Lipinski definition) is 3. The topological polar surface area (TPSA) is 99.2 Å². The monoisotopic (exact) mass is 444 g/mol. The minimum Gasteiger partial charge on any atom is -0.326 e. The molecule has 3 aromatic rings. The van der Waals surface area contributed by atoms with Gasteiger partial charge in [-0.25, -0.2) is 9.97 Å². The van der Waals surface area contributed by atoms with Gasteiger partial charge in [-0.2, -0.15) is 0 Å². The highest BCUT2D eigenvalue weighted by Gasteiger charge is 2.25. The summed E-state index contributed by atoms with van der Waals surface area (Å²) in [5.41, 5.74) is 3.91. The van der Waals surface area contributed by atoms with Crippen LogP contribution in [0.15, 0.2) is 60.8 Å². The molecule has 0 spiro atoms. The zero-order valence-electron chi connectivity index (χ0n) is 18.8. The number of likely N-dealkylation sites (N-methyl/N-ethyl adjacent to an activating group) is 1. The van der Waals surface area contributed by atoms with Gasteiger partial charge in [0.15, 0.2) is 0 Å². The molecule has 2 heterocycles. The zero-order valence-corrected chi connectivity index (χ0v) is 18.8. The number of benzene rings is 2.